The molecule has 0 aliphatic heterocycles. The summed E-state index contributed by atoms with van der Waals surface area (Å²) in [6.45, 7) is 1.45. The third-order valence-corrected chi connectivity index (χ3v) is 2.59. The molecule has 1 aliphatic carbocycles. The Morgan fingerprint density at radius 1 is 1.38 bits per heavy atom. The van der Waals surface area contributed by atoms with Crippen LogP contribution in [0.15, 0.2) is 0 Å². The third kappa shape index (κ3) is 2.29. The molecule has 86 valence electrons. The Balaban J connectivity index is 2.28. The molecule has 2 rings (SSSR count). The normalized spacial score (nSPS) is 14.3. The van der Waals surface area contributed by atoms with E-state index < -0.39 is 5.97 Å². The fourth-order valence-electron chi connectivity index (χ4n) is 1.93. The van der Waals surface area contributed by atoms with Crippen molar-refractivity contribution in [2.75, 3.05) is 6.61 Å². The number of carboxylic acids is 1. The van der Waals surface area contributed by atoms with Crippen molar-refractivity contribution in [1.82, 2.24) is 9.97 Å². The molecule has 1 aromatic rings. The molecular weight excluding hydrogens is 208 g/mol. The highest BCUT2D eigenvalue weighted by molar-refractivity contribution is 5.68. The molecule has 5 heteroatoms. The Kier molecular flexibility index (Phi) is 3.03. The predicted molar refractivity (Wildman–Crippen MR) is 56.5 cm³/mol. The molecule has 5 nitrogen and oxygen atoms in total. The van der Waals surface area contributed by atoms with E-state index in [0.717, 1.165) is 36.9 Å². The second-order valence-electron chi connectivity index (χ2n) is 3.89. The molecule has 16 heavy (non-hydrogen) atoms. The van der Waals surface area contributed by atoms with Crippen LogP contribution in [0.4, 0.5) is 0 Å². The summed E-state index contributed by atoms with van der Waals surface area (Å²) in [4.78, 5) is 19.0. The van der Waals surface area contributed by atoms with Crippen LogP contribution in [0.5, 0.6) is 5.88 Å². The van der Waals surface area contributed by atoms with Crippen LogP contribution in [0, 0.1) is 6.92 Å². The van der Waals surface area contributed by atoms with E-state index in [-0.39, 0.29) is 6.61 Å². The van der Waals surface area contributed by atoms with E-state index in [1.165, 1.54) is 0 Å². The maximum Gasteiger partial charge on any atom is 0.341 e. The predicted octanol–water partition coefficient (Wildman–Crippen LogP) is 1.13. The zero-order valence-corrected chi connectivity index (χ0v) is 9.19. The van der Waals surface area contributed by atoms with E-state index in [9.17, 15) is 4.79 Å². The smallest absolute Gasteiger partial charge is 0.341 e. The summed E-state index contributed by atoms with van der Waals surface area (Å²) in [7, 11) is 0. The zero-order chi connectivity index (χ0) is 11.5. The average Bonchev–Trinajstić information content (AvgIpc) is 2.25. The van der Waals surface area contributed by atoms with Crippen molar-refractivity contribution in [3.63, 3.8) is 0 Å². The number of rotatable bonds is 3. The van der Waals surface area contributed by atoms with E-state index in [2.05, 4.69) is 9.97 Å². The van der Waals surface area contributed by atoms with Crippen LogP contribution in [0.1, 0.15) is 29.9 Å². The van der Waals surface area contributed by atoms with E-state index in [4.69, 9.17) is 9.84 Å². The van der Waals surface area contributed by atoms with Gasteiger partial charge in [0.05, 0.1) is 5.69 Å². The van der Waals surface area contributed by atoms with Gasteiger partial charge in [0.15, 0.2) is 6.61 Å². The maximum atomic E-state index is 10.5. The number of ether oxygens (including phenoxy) is 1. The van der Waals surface area contributed by atoms with Crippen LogP contribution >= 0.6 is 0 Å². The van der Waals surface area contributed by atoms with Gasteiger partial charge < -0.3 is 9.84 Å². The molecule has 0 saturated heterocycles. The molecule has 0 radical (unpaired) electrons. The lowest BCUT2D eigenvalue weighted by atomic mass is 9.97. The molecule has 1 aromatic heterocycles. The van der Waals surface area contributed by atoms with Crippen molar-refractivity contribution in [1.29, 1.82) is 0 Å². The second kappa shape index (κ2) is 4.47. The van der Waals surface area contributed by atoms with Gasteiger partial charge in [-0.3, -0.25) is 0 Å². The molecule has 0 fully saturated rings. The number of carboxylic acid groups (broad SMARTS) is 1. The number of aryl methyl sites for hydroxylation is 2. The van der Waals surface area contributed by atoms with E-state index in [1.54, 1.807) is 6.92 Å². The van der Waals surface area contributed by atoms with E-state index in [0.29, 0.717) is 11.7 Å². The van der Waals surface area contributed by atoms with Gasteiger partial charge in [-0.15, -0.1) is 0 Å². The SMILES string of the molecule is Cc1nc2c(c(OCC(=O)O)n1)CCCC2. The summed E-state index contributed by atoms with van der Waals surface area (Å²) in [6.07, 6.45) is 4.03. The van der Waals surface area contributed by atoms with Crippen molar-refractivity contribution in [2.24, 2.45) is 0 Å². The monoisotopic (exact) mass is 222 g/mol. The van der Waals surface area contributed by atoms with Gasteiger partial charge >= 0.3 is 5.97 Å². The fraction of sp³-hybridized carbons (Fsp3) is 0.545. The summed E-state index contributed by atoms with van der Waals surface area (Å²) in [5.41, 5.74) is 2.00. The van der Waals surface area contributed by atoms with E-state index >= 15 is 0 Å². The lowest BCUT2D eigenvalue weighted by Gasteiger charge is -2.17. The van der Waals surface area contributed by atoms with Gasteiger partial charge in [-0.05, 0) is 32.6 Å². The lowest BCUT2D eigenvalue weighted by Crippen LogP contribution is -2.15. The molecule has 1 N–H and O–H groups in total. The molecule has 0 atom stereocenters. The summed E-state index contributed by atoms with van der Waals surface area (Å²) >= 11 is 0. The minimum absolute atomic E-state index is 0.344. The molecule has 0 bridgehead atoms. The molecule has 0 spiro atoms. The van der Waals surface area contributed by atoms with Gasteiger partial charge in [0.1, 0.15) is 5.82 Å². The van der Waals surface area contributed by atoms with Crippen molar-refractivity contribution in [3.05, 3.63) is 17.1 Å². The molecule has 0 amide bonds. The first-order valence-corrected chi connectivity index (χ1v) is 5.38. The Bertz CT molecular complexity index is 418. The van der Waals surface area contributed by atoms with Crippen molar-refractivity contribution >= 4 is 5.97 Å². The number of hydrogen-bond donors (Lipinski definition) is 1. The highest BCUT2D eigenvalue weighted by Crippen LogP contribution is 2.26. The highest BCUT2D eigenvalue weighted by atomic mass is 16.5. The van der Waals surface area contributed by atoms with Gasteiger partial charge in [0, 0.05) is 5.56 Å². The van der Waals surface area contributed by atoms with E-state index in [1.807, 2.05) is 0 Å². The van der Waals surface area contributed by atoms with Crippen LogP contribution in [-0.4, -0.2) is 27.7 Å². The molecule has 0 unspecified atom stereocenters. The standard InChI is InChI=1S/C11H14N2O3/c1-7-12-9-5-3-2-4-8(9)11(13-7)16-6-10(14)15/h2-6H2,1H3,(H,14,15). The minimum Gasteiger partial charge on any atom is -0.479 e. The van der Waals surface area contributed by atoms with Crippen LogP contribution in [0.25, 0.3) is 0 Å². The first-order valence-electron chi connectivity index (χ1n) is 5.38. The summed E-state index contributed by atoms with van der Waals surface area (Å²) in [5, 5.41) is 8.58. The quantitative estimate of drug-likeness (QED) is 0.829. The van der Waals surface area contributed by atoms with Gasteiger partial charge in [-0.1, -0.05) is 0 Å². The van der Waals surface area contributed by atoms with Crippen molar-refractivity contribution in [3.8, 4) is 5.88 Å². The molecular formula is C11H14N2O3. The Morgan fingerprint density at radius 2 is 2.12 bits per heavy atom. The third-order valence-electron chi connectivity index (χ3n) is 2.59. The highest BCUT2D eigenvalue weighted by Gasteiger charge is 2.18. The number of aromatic nitrogens is 2. The number of hydrogen-bond acceptors (Lipinski definition) is 4. The van der Waals surface area contributed by atoms with Gasteiger partial charge in [-0.2, -0.15) is 4.98 Å². The topological polar surface area (TPSA) is 72.3 Å². The molecule has 0 saturated carbocycles. The molecule has 1 aliphatic rings. The van der Waals surface area contributed by atoms with Gasteiger partial charge in [0.2, 0.25) is 5.88 Å². The zero-order valence-electron chi connectivity index (χ0n) is 9.19. The van der Waals surface area contributed by atoms with Crippen LogP contribution < -0.4 is 4.74 Å². The second-order valence-corrected chi connectivity index (χ2v) is 3.89. The first-order chi connectivity index (χ1) is 7.66. The summed E-state index contributed by atoms with van der Waals surface area (Å²) < 4.78 is 5.20. The number of nitrogens with zero attached hydrogens (tertiary/aromatic N) is 2. The largest absolute Gasteiger partial charge is 0.479 e. The molecule has 0 aromatic carbocycles. The van der Waals surface area contributed by atoms with Gasteiger partial charge in [0.25, 0.3) is 0 Å². The van der Waals surface area contributed by atoms with Gasteiger partial charge in [-0.25, -0.2) is 9.78 Å². The Labute approximate surface area is 93.5 Å². The number of fused-ring (bicyclic) bond motifs is 1. The number of carbonyl (C=O) groups is 1. The van der Waals surface area contributed by atoms with Crippen LogP contribution in [0.3, 0.4) is 0 Å². The minimum atomic E-state index is -0.985. The maximum absolute atomic E-state index is 10.5. The lowest BCUT2D eigenvalue weighted by molar-refractivity contribution is -0.139. The van der Waals surface area contributed by atoms with Crippen molar-refractivity contribution < 1.29 is 14.6 Å². The number of aliphatic carboxylic acids is 1. The van der Waals surface area contributed by atoms with Crippen LogP contribution in [-0.2, 0) is 17.6 Å². The first kappa shape index (κ1) is 10.9. The summed E-state index contributed by atoms with van der Waals surface area (Å²) in [6, 6.07) is 0. The average molecular weight is 222 g/mol. The van der Waals surface area contributed by atoms with Crippen LogP contribution in [0.2, 0.25) is 0 Å². The van der Waals surface area contributed by atoms with Crippen molar-refractivity contribution in [2.45, 2.75) is 32.6 Å². The summed E-state index contributed by atoms with van der Waals surface area (Å²) in [5.74, 6) is 0.103. The fourth-order valence-corrected chi connectivity index (χ4v) is 1.93. The molecule has 1 heterocycles. The Hall–Kier alpha value is -1.65. The Morgan fingerprint density at radius 3 is 2.88 bits per heavy atom.